The van der Waals surface area contributed by atoms with Crippen LogP contribution in [0.25, 0.3) is 5.69 Å². The summed E-state index contributed by atoms with van der Waals surface area (Å²) in [6, 6.07) is 9.69. The van der Waals surface area contributed by atoms with E-state index in [0.29, 0.717) is 12.5 Å². The van der Waals surface area contributed by atoms with Crippen LogP contribution >= 0.6 is 0 Å². The van der Waals surface area contributed by atoms with Crippen molar-refractivity contribution in [3.05, 3.63) is 42.2 Å². The summed E-state index contributed by atoms with van der Waals surface area (Å²) < 4.78 is 5.08. The van der Waals surface area contributed by atoms with Crippen LogP contribution in [-0.4, -0.2) is 28.7 Å². The lowest BCUT2D eigenvalue weighted by Gasteiger charge is -2.16. The first-order valence-electron chi connectivity index (χ1n) is 6.44. The molecule has 1 aromatic carbocycles. The highest BCUT2D eigenvalue weighted by molar-refractivity contribution is 5.28. The number of nitrogens with zero attached hydrogens (tertiary/aromatic N) is 3. The molecule has 2 aromatic rings. The van der Waals surface area contributed by atoms with E-state index in [1.807, 2.05) is 30.3 Å². The van der Waals surface area contributed by atoms with Gasteiger partial charge in [0, 0.05) is 13.7 Å². The number of benzene rings is 1. The number of nitrogens with two attached hydrogens (primary N) is 1. The maximum Gasteiger partial charge on any atom is 0.100 e. The molecular weight excluding hydrogens is 240 g/mol. The van der Waals surface area contributed by atoms with Gasteiger partial charge >= 0.3 is 0 Å². The molecule has 0 aliphatic rings. The molecule has 0 bridgehead atoms. The molecule has 0 radical (unpaired) electrons. The second-order valence-corrected chi connectivity index (χ2v) is 4.68. The second kappa shape index (κ2) is 6.45. The number of para-hydroxylation sites is 1. The van der Waals surface area contributed by atoms with Gasteiger partial charge in [-0.05, 0) is 24.5 Å². The number of hydrogen-bond acceptors (Lipinski definition) is 4. The molecule has 1 heterocycles. The van der Waals surface area contributed by atoms with Gasteiger partial charge in [0.05, 0.1) is 17.9 Å². The first-order valence-corrected chi connectivity index (χ1v) is 6.44. The Morgan fingerprint density at radius 2 is 2.05 bits per heavy atom. The minimum absolute atomic E-state index is 0.118. The zero-order chi connectivity index (χ0) is 13.7. The molecule has 5 heteroatoms. The third kappa shape index (κ3) is 3.39. The van der Waals surface area contributed by atoms with E-state index < -0.39 is 0 Å². The van der Waals surface area contributed by atoms with E-state index >= 15 is 0 Å². The largest absolute Gasteiger partial charge is 0.385 e. The summed E-state index contributed by atoms with van der Waals surface area (Å²) in [6.45, 7) is 2.81. The van der Waals surface area contributed by atoms with Crippen LogP contribution in [0.1, 0.15) is 25.1 Å². The number of aromatic nitrogens is 3. The van der Waals surface area contributed by atoms with E-state index in [1.54, 1.807) is 18.1 Å². The fourth-order valence-corrected chi connectivity index (χ4v) is 1.89. The molecule has 2 rings (SSSR count). The minimum atomic E-state index is -0.118. The molecule has 2 unspecified atom stereocenters. The van der Waals surface area contributed by atoms with Crippen molar-refractivity contribution in [1.29, 1.82) is 0 Å². The first-order chi connectivity index (χ1) is 9.22. The molecule has 2 atom stereocenters. The molecule has 1 aromatic heterocycles. The van der Waals surface area contributed by atoms with Gasteiger partial charge in [0.1, 0.15) is 5.69 Å². The average molecular weight is 260 g/mol. The number of hydrogen-bond donors (Lipinski definition) is 1. The van der Waals surface area contributed by atoms with Gasteiger partial charge in [0.2, 0.25) is 0 Å². The molecule has 0 aliphatic carbocycles. The molecule has 0 fully saturated rings. The van der Waals surface area contributed by atoms with Crippen molar-refractivity contribution in [2.24, 2.45) is 11.7 Å². The zero-order valence-corrected chi connectivity index (χ0v) is 11.4. The van der Waals surface area contributed by atoms with E-state index in [4.69, 9.17) is 10.5 Å². The van der Waals surface area contributed by atoms with Crippen molar-refractivity contribution in [1.82, 2.24) is 15.0 Å². The molecule has 5 nitrogen and oxygen atoms in total. The lowest BCUT2D eigenvalue weighted by Crippen LogP contribution is -2.21. The molecule has 0 saturated heterocycles. The van der Waals surface area contributed by atoms with Crippen molar-refractivity contribution in [2.45, 2.75) is 19.4 Å². The number of rotatable bonds is 6. The van der Waals surface area contributed by atoms with Crippen LogP contribution in [0.5, 0.6) is 0 Å². The van der Waals surface area contributed by atoms with Crippen LogP contribution in [0.15, 0.2) is 36.5 Å². The van der Waals surface area contributed by atoms with Crippen LogP contribution in [0, 0.1) is 5.92 Å². The van der Waals surface area contributed by atoms with Crippen molar-refractivity contribution in [3.63, 3.8) is 0 Å². The van der Waals surface area contributed by atoms with Crippen LogP contribution in [-0.2, 0) is 4.74 Å². The lowest BCUT2D eigenvalue weighted by molar-refractivity contribution is 0.174. The Morgan fingerprint density at radius 3 is 2.74 bits per heavy atom. The van der Waals surface area contributed by atoms with Gasteiger partial charge in [0.25, 0.3) is 0 Å². The summed E-state index contributed by atoms with van der Waals surface area (Å²) in [5.41, 5.74) is 7.95. The van der Waals surface area contributed by atoms with Crippen molar-refractivity contribution < 1.29 is 4.74 Å². The number of methoxy groups -OCH3 is 1. The summed E-state index contributed by atoms with van der Waals surface area (Å²) in [5.74, 6) is 0.306. The maximum atomic E-state index is 6.20. The second-order valence-electron chi connectivity index (χ2n) is 4.68. The summed E-state index contributed by atoms with van der Waals surface area (Å²) in [5, 5.41) is 8.71. The first kappa shape index (κ1) is 13.7. The molecule has 0 saturated carbocycles. The Bertz CT molecular complexity index is 497. The predicted molar refractivity (Wildman–Crippen MR) is 73.9 cm³/mol. The van der Waals surface area contributed by atoms with Gasteiger partial charge in [-0.25, -0.2) is 0 Å². The van der Waals surface area contributed by atoms with Gasteiger partial charge < -0.3 is 10.5 Å². The molecule has 0 spiro atoms. The quantitative estimate of drug-likeness (QED) is 0.862. The monoisotopic (exact) mass is 260 g/mol. The molecule has 2 N–H and O–H groups in total. The smallest absolute Gasteiger partial charge is 0.100 e. The molecule has 0 aliphatic heterocycles. The highest BCUT2D eigenvalue weighted by Crippen LogP contribution is 2.20. The molecule has 0 amide bonds. The van der Waals surface area contributed by atoms with Crippen molar-refractivity contribution in [3.8, 4) is 5.69 Å². The van der Waals surface area contributed by atoms with Gasteiger partial charge in [0.15, 0.2) is 0 Å². The Kier molecular flexibility index (Phi) is 4.65. The van der Waals surface area contributed by atoms with Gasteiger partial charge in [-0.2, -0.15) is 15.0 Å². The van der Waals surface area contributed by atoms with E-state index in [-0.39, 0.29) is 6.04 Å². The SMILES string of the molecule is COCCC(C)C(N)c1cnn(-c2ccccc2)n1. The topological polar surface area (TPSA) is 66.0 Å². The summed E-state index contributed by atoms with van der Waals surface area (Å²) in [6.07, 6.45) is 2.65. The van der Waals surface area contributed by atoms with Crippen LogP contribution in [0.2, 0.25) is 0 Å². The van der Waals surface area contributed by atoms with Gasteiger partial charge in [-0.1, -0.05) is 25.1 Å². The Balaban J connectivity index is 2.08. The average Bonchev–Trinajstić information content (AvgIpc) is 2.94. The fraction of sp³-hybridized carbons (Fsp3) is 0.429. The summed E-state index contributed by atoms with van der Waals surface area (Å²) in [4.78, 5) is 1.61. The molecule has 102 valence electrons. The number of ether oxygens (including phenoxy) is 1. The van der Waals surface area contributed by atoms with E-state index in [1.165, 1.54) is 0 Å². The highest BCUT2D eigenvalue weighted by Gasteiger charge is 2.18. The Morgan fingerprint density at radius 1 is 1.32 bits per heavy atom. The van der Waals surface area contributed by atoms with Crippen LogP contribution in [0.4, 0.5) is 0 Å². The summed E-state index contributed by atoms with van der Waals surface area (Å²) >= 11 is 0. The fourth-order valence-electron chi connectivity index (χ4n) is 1.89. The van der Waals surface area contributed by atoms with E-state index in [0.717, 1.165) is 17.8 Å². The Labute approximate surface area is 113 Å². The zero-order valence-electron chi connectivity index (χ0n) is 11.4. The molecular formula is C14H20N4O. The molecule has 19 heavy (non-hydrogen) atoms. The standard InChI is InChI=1S/C14H20N4O/c1-11(8-9-19-2)14(15)13-10-16-18(17-13)12-6-4-3-5-7-12/h3-7,10-11,14H,8-9,15H2,1-2H3. The van der Waals surface area contributed by atoms with Crippen LogP contribution in [0.3, 0.4) is 0 Å². The Hall–Kier alpha value is -1.72. The van der Waals surface area contributed by atoms with Crippen molar-refractivity contribution >= 4 is 0 Å². The normalized spacial score (nSPS) is 14.3. The van der Waals surface area contributed by atoms with Crippen LogP contribution < -0.4 is 5.73 Å². The van der Waals surface area contributed by atoms with Gasteiger partial charge in [-0.3, -0.25) is 0 Å². The third-order valence-corrected chi connectivity index (χ3v) is 3.23. The van der Waals surface area contributed by atoms with Crippen molar-refractivity contribution in [2.75, 3.05) is 13.7 Å². The third-order valence-electron chi connectivity index (χ3n) is 3.23. The maximum absolute atomic E-state index is 6.20. The highest BCUT2D eigenvalue weighted by atomic mass is 16.5. The van der Waals surface area contributed by atoms with E-state index in [9.17, 15) is 0 Å². The lowest BCUT2D eigenvalue weighted by atomic mass is 9.97. The van der Waals surface area contributed by atoms with Gasteiger partial charge in [-0.15, -0.1) is 0 Å². The summed E-state index contributed by atoms with van der Waals surface area (Å²) in [7, 11) is 1.70. The minimum Gasteiger partial charge on any atom is -0.385 e. The van der Waals surface area contributed by atoms with E-state index in [2.05, 4.69) is 17.1 Å². The predicted octanol–water partition coefficient (Wildman–Crippen LogP) is 1.94.